The minimum atomic E-state index is -0.217. The molecule has 2 aromatic carbocycles. The summed E-state index contributed by atoms with van der Waals surface area (Å²) in [5, 5.41) is 2.84. The summed E-state index contributed by atoms with van der Waals surface area (Å²) in [7, 11) is 1.52. The van der Waals surface area contributed by atoms with Crippen LogP contribution in [-0.2, 0) is 6.42 Å². The van der Waals surface area contributed by atoms with Crippen LogP contribution in [0.25, 0.3) is 0 Å². The van der Waals surface area contributed by atoms with Gasteiger partial charge >= 0.3 is 0 Å². The number of nitrogen functional groups attached to an aromatic ring is 1. The number of methoxy groups -OCH3 is 1. The topological polar surface area (TPSA) is 64.4 Å². The van der Waals surface area contributed by atoms with Gasteiger partial charge in [0.2, 0.25) is 0 Å². The van der Waals surface area contributed by atoms with Gasteiger partial charge in [0, 0.05) is 17.4 Å². The highest BCUT2D eigenvalue weighted by Crippen LogP contribution is 2.22. The van der Waals surface area contributed by atoms with E-state index in [4.69, 9.17) is 10.5 Å². The van der Waals surface area contributed by atoms with E-state index in [9.17, 15) is 4.79 Å². The molecule has 4 nitrogen and oxygen atoms in total. The minimum absolute atomic E-state index is 0.217. The lowest BCUT2D eigenvalue weighted by Crippen LogP contribution is -2.13. The van der Waals surface area contributed by atoms with Crippen LogP contribution < -0.4 is 15.8 Å². The van der Waals surface area contributed by atoms with Gasteiger partial charge in [-0.3, -0.25) is 4.79 Å². The maximum Gasteiger partial charge on any atom is 0.259 e. The SMILES string of the molecule is CCc1ccc(NC(=O)c2ccc(N)cc2OC)cc1. The van der Waals surface area contributed by atoms with E-state index in [1.54, 1.807) is 18.2 Å². The molecule has 4 heteroatoms. The van der Waals surface area contributed by atoms with E-state index in [2.05, 4.69) is 12.2 Å². The Hall–Kier alpha value is -2.49. The van der Waals surface area contributed by atoms with E-state index in [0.29, 0.717) is 17.0 Å². The minimum Gasteiger partial charge on any atom is -0.496 e. The van der Waals surface area contributed by atoms with Crippen molar-refractivity contribution in [1.29, 1.82) is 0 Å². The van der Waals surface area contributed by atoms with Crippen molar-refractivity contribution in [1.82, 2.24) is 0 Å². The number of anilines is 2. The predicted molar refractivity (Wildman–Crippen MR) is 81.2 cm³/mol. The summed E-state index contributed by atoms with van der Waals surface area (Å²) in [6.45, 7) is 2.09. The second-order valence-corrected chi connectivity index (χ2v) is 4.46. The molecule has 0 aromatic heterocycles. The monoisotopic (exact) mass is 270 g/mol. The summed E-state index contributed by atoms with van der Waals surface area (Å²) in [5.41, 5.74) is 8.68. The van der Waals surface area contributed by atoms with Crippen LogP contribution >= 0.6 is 0 Å². The van der Waals surface area contributed by atoms with E-state index < -0.39 is 0 Å². The first-order valence-electron chi connectivity index (χ1n) is 6.48. The van der Waals surface area contributed by atoms with Crippen LogP contribution in [-0.4, -0.2) is 13.0 Å². The number of benzene rings is 2. The number of hydrogen-bond acceptors (Lipinski definition) is 3. The fourth-order valence-corrected chi connectivity index (χ4v) is 1.92. The van der Waals surface area contributed by atoms with E-state index in [0.717, 1.165) is 12.1 Å². The van der Waals surface area contributed by atoms with Gasteiger partial charge in [-0.05, 0) is 36.2 Å². The first kappa shape index (κ1) is 13.9. The van der Waals surface area contributed by atoms with Gasteiger partial charge in [-0.2, -0.15) is 0 Å². The number of rotatable bonds is 4. The highest BCUT2D eigenvalue weighted by molar-refractivity contribution is 6.06. The van der Waals surface area contributed by atoms with Crippen LogP contribution in [0.15, 0.2) is 42.5 Å². The van der Waals surface area contributed by atoms with Crippen molar-refractivity contribution in [3.8, 4) is 5.75 Å². The van der Waals surface area contributed by atoms with Gasteiger partial charge in [0.1, 0.15) is 5.75 Å². The number of nitrogens with two attached hydrogens (primary N) is 1. The van der Waals surface area contributed by atoms with Crippen LogP contribution in [0.2, 0.25) is 0 Å². The molecule has 3 N–H and O–H groups in total. The van der Waals surface area contributed by atoms with Crippen molar-refractivity contribution in [2.45, 2.75) is 13.3 Å². The van der Waals surface area contributed by atoms with E-state index in [1.165, 1.54) is 12.7 Å². The summed E-state index contributed by atoms with van der Waals surface area (Å²) in [6, 6.07) is 12.7. The molecule has 104 valence electrons. The molecule has 0 aliphatic carbocycles. The van der Waals surface area contributed by atoms with Crippen LogP contribution in [0.4, 0.5) is 11.4 Å². The van der Waals surface area contributed by atoms with E-state index in [-0.39, 0.29) is 5.91 Å². The second-order valence-electron chi connectivity index (χ2n) is 4.46. The molecule has 0 saturated carbocycles. The molecule has 0 radical (unpaired) electrons. The third-order valence-corrected chi connectivity index (χ3v) is 3.09. The third kappa shape index (κ3) is 3.09. The van der Waals surface area contributed by atoms with E-state index >= 15 is 0 Å². The smallest absolute Gasteiger partial charge is 0.259 e. The van der Waals surface area contributed by atoms with Crippen LogP contribution in [0.3, 0.4) is 0 Å². The molecule has 0 aliphatic heterocycles. The lowest BCUT2D eigenvalue weighted by atomic mass is 10.1. The lowest BCUT2D eigenvalue weighted by molar-refractivity contribution is 0.102. The van der Waals surface area contributed by atoms with Crippen molar-refractivity contribution < 1.29 is 9.53 Å². The maximum absolute atomic E-state index is 12.2. The molecule has 2 rings (SSSR count). The molecule has 0 unspecified atom stereocenters. The van der Waals surface area contributed by atoms with Crippen molar-refractivity contribution >= 4 is 17.3 Å². The number of aryl methyl sites for hydroxylation is 1. The molecule has 0 heterocycles. The van der Waals surface area contributed by atoms with Gasteiger partial charge < -0.3 is 15.8 Å². The molecular formula is C16H18N2O2. The maximum atomic E-state index is 12.2. The number of ether oxygens (including phenoxy) is 1. The fourth-order valence-electron chi connectivity index (χ4n) is 1.92. The number of nitrogens with one attached hydrogen (secondary N) is 1. The van der Waals surface area contributed by atoms with Crippen molar-refractivity contribution in [3.63, 3.8) is 0 Å². The zero-order valence-corrected chi connectivity index (χ0v) is 11.6. The zero-order valence-electron chi connectivity index (χ0n) is 11.6. The van der Waals surface area contributed by atoms with Gasteiger partial charge in [-0.1, -0.05) is 19.1 Å². The molecule has 0 fully saturated rings. The van der Waals surface area contributed by atoms with E-state index in [1.807, 2.05) is 24.3 Å². The third-order valence-electron chi connectivity index (χ3n) is 3.09. The standard InChI is InChI=1S/C16H18N2O2/c1-3-11-4-7-13(8-5-11)18-16(19)14-9-6-12(17)10-15(14)20-2/h4-10H,3,17H2,1-2H3,(H,18,19). The van der Waals surface area contributed by atoms with Crippen LogP contribution in [0, 0.1) is 0 Å². The van der Waals surface area contributed by atoms with Gasteiger partial charge in [-0.15, -0.1) is 0 Å². The largest absolute Gasteiger partial charge is 0.496 e. The summed E-state index contributed by atoms with van der Waals surface area (Å²) in [4.78, 5) is 12.2. The van der Waals surface area contributed by atoms with Crippen LogP contribution in [0.5, 0.6) is 5.75 Å². The van der Waals surface area contributed by atoms with Gasteiger partial charge in [0.05, 0.1) is 12.7 Å². The van der Waals surface area contributed by atoms with Crippen molar-refractivity contribution in [3.05, 3.63) is 53.6 Å². The molecule has 0 spiro atoms. The Morgan fingerprint density at radius 2 is 1.90 bits per heavy atom. The first-order valence-corrected chi connectivity index (χ1v) is 6.48. The number of carbonyl (C=O) groups is 1. The Kier molecular flexibility index (Phi) is 4.25. The molecular weight excluding hydrogens is 252 g/mol. The Bertz CT molecular complexity index is 606. The molecule has 0 saturated heterocycles. The Balaban J connectivity index is 2.19. The summed E-state index contributed by atoms with van der Waals surface area (Å²) in [5.74, 6) is 0.249. The highest BCUT2D eigenvalue weighted by atomic mass is 16.5. The lowest BCUT2D eigenvalue weighted by Gasteiger charge is -2.10. The van der Waals surface area contributed by atoms with Crippen molar-refractivity contribution in [2.75, 3.05) is 18.2 Å². The fraction of sp³-hybridized carbons (Fsp3) is 0.188. The quantitative estimate of drug-likeness (QED) is 0.839. The molecule has 0 atom stereocenters. The summed E-state index contributed by atoms with van der Waals surface area (Å²) < 4.78 is 5.18. The first-order chi connectivity index (χ1) is 9.63. The predicted octanol–water partition coefficient (Wildman–Crippen LogP) is 3.09. The van der Waals surface area contributed by atoms with Gasteiger partial charge in [0.15, 0.2) is 0 Å². The molecule has 20 heavy (non-hydrogen) atoms. The van der Waals surface area contributed by atoms with Crippen LogP contribution in [0.1, 0.15) is 22.8 Å². The molecule has 2 aromatic rings. The number of hydrogen-bond donors (Lipinski definition) is 2. The van der Waals surface area contributed by atoms with Gasteiger partial charge in [-0.25, -0.2) is 0 Å². The Morgan fingerprint density at radius 3 is 2.50 bits per heavy atom. The average Bonchev–Trinajstić information content (AvgIpc) is 2.47. The molecule has 0 bridgehead atoms. The summed E-state index contributed by atoms with van der Waals surface area (Å²) in [6.07, 6.45) is 0.972. The summed E-state index contributed by atoms with van der Waals surface area (Å²) >= 11 is 0. The molecule has 1 amide bonds. The zero-order chi connectivity index (χ0) is 14.5. The molecule has 0 aliphatic rings. The van der Waals surface area contributed by atoms with Gasteiger partial charge in [0.25, 0.3) is 5.91 Å². The number of carbonyl (C=O) groups excluding carboxylic acids is 1. The normalized spacial score (nSPS) is 10.1. The highest BCUT2D eigenvalue weighted by Gasteiger charge is 2.12. The van der Waals surface area contributed by atoms with Crippen molar-refractivity contribution in [2.24, 2.45) is 0 Å². The second kappa shape index (κ2) is 6.10. The Labute approximate surface area is 118 Å². The Morgan fingerprint density at radius 1 is 1.20 bits per heavy atom. The number of amides is 1. The average molecular weight is 270 g/mol.